The number of carbonyl (C=O) groups is 1. The summed E-state index contributed by atoms with van der Waals surface area (Å²) in [4.78, 5) is 96.3. The lowest BCUT2D eigenvalue weighted by atomic mass is 10.1. The number of carbonyl (C=O) groups excluding carboxylic acids is 1. The van der Waals surface area contributed by atoms with Crippen LogP contribution in [0.4, 0.5) is 104 Å². The summed E-state index contributed by atoms with van der Waals surface area (Å²) < 4.78 is 199. The molecule has 0 saturated heterocycles. The number of hydrogen-bond acceptors (Lipinski definition) is 51. The monoisotopic (exact) mass is 2290 g/mol. The van der Waals surface area contributed by atoms with Crippen LogP contribution in [0.25, 0.3) is 0 Å². The van der Waals surface area contributed by atoms with Gasteiger partial charge in [0.2, 0.25) is 56.8 Å². The molecule has 0 fully saturated rings. The maximum Gasteiger partial charge on any atom is 0.425 e. The highest BCUT2D eigenvalue weighted by atomic mass is 35.5. The molecule has 0 saturated carbocycles. The lowest BCUT2D eigenvalue weighted by molar-refractivity contribution is 0.101. The van der Waals surface area contributed by atoms with Gasteiger partial charge in [0.15, 0.2) is 34.6 Å². The summed E-state index contributed by atoms with van der Waals surface area (Å²) in [5.74, 6) is -0.462. The SMILES string of the molecule is CCn1c(O)c(C(C)=O)c(C)c(N=Nc2cc(NC)ccc2S(=O)(=O)O)c1=O.CNc1cccc(N=Nc2c(C)c(CS(=O)(=O)O)c(O)n(C)c2=O)c1.CNc1cccc(N=Nc2c(C)c(CS(=O)(=O)O)c(O)n(C)c2=O)c1.Cc1ccc(Nc2nc(C)nc(Cl)n2)cc1.Cc1cccc(Nc2nc(C)nc(Cl)n2)c1.Cc1nc(Cl)nc(Nc2cccc(Nc3nc(N)nc(Cl)n3)c2)n1.O=S(=O)=O.O=S(=O)=O.O=S(=O)=O.O=S(=O)=O. The molecule has 7 aromatic heterocycles. The van der Waals surface area contributed by atoms with Gasteiger partial charge < -0.3 is 58.3 Å². The highest BCUT2D eigenvalue weighted by Gasteiger charge is 2.26. The Bertz CT molecular complexity index is 7850. The standard InChI is InChI=1S/C17H20N4O6S.2C15H18N4O5S.C13H11Cl2N9.2C11H11ClN4.4O3S/c1-5-21-16(23)14(10(3)22)9(2)15(17(21)24)20-19-12-8-11(18-4)6-7-13(12)28(25,26)27;2*1-9-12(8-25(22,23)24)14(20)19(3)15(21)13(9)18-17-11-6-4-5-10(7-11)16-2;1-6-17-9(14)22-12(18-6)19-7-3-2-4-8(5-7)20-13-23-10(15)21-11(16)24-13;1-7-3-5-9(6-4-7)15-11-14-8(2)13-10(12)16-11;1-7-4-3-5-9(6-7)15-11-14-8(2)13-10(12)16-11;4*1-4(2)3/h6-8,18,23H,5H2,1-4H3,(H,25,26,27);2*4-7,16,20H,8H2,1-3H3,(H,22,23,24);2-5H,1H3,(H,17,18,19,22)(H3,16,20,21,23,24);2*3-6H,1-2H3,(H,13,14,15,16);;;;. The number of aromatic hydroxyl groups is 3. The molecule has 0 spiro atoms. The Balaban J connectivity index is 0.000000366. The van der Waals surface area contributed by atoms with Gasteiger partial charge in [-0.15, -0.1) is 71.0 Å². The van der Waals surface area contributed by atoms with Gasteiger partial charge >= 0.3 is 42.4 Å². The van der Waals surface area contributed by atoms with E-state index >= 15 is 0 Å². The summed E-state index contributed by atoms with van der Waals surface area (Å²) >= 11 is 23.1. The Labute approximate surface area is 877 Å². The number of halogens is 4. The molecular formula is C82H89Cl4N29O28S7. The summed E-state index contributed by atoms with van der Waals surface area (Å²) in [6, 6.07) is 41.0. The fourth-order valence-corrected chi connectivity index (χ4v) is 14.5. The van der Waals surface area contributed by atoms with Crippen LogP contribution >= 0.6 is 46.4 Å². The van der Waals surface area contributed by atoms with E-state index in [4.69, 9.17) is 112 Å². The van der Waals surface area contributed by atoms with Gasteiger partial charge in [0, 0.05) is 92.7 Å². The van der Waals surface area contributed by atoms with Crippen molar-refractivity contribution in [1.82, 2.24) is 73.5 Å². The molecule has 0 unspecified atom stereocenters. The second kappa shape index (κ2) is 59.6. The summed E-state index contributed by atoms with van der Waals surface area (Å²) in [6.07, 6.45) is 0. The third-order valence-electron chi connectivity index (χ3n) is 18.1. The number of nitrogens with zero attached hydrogens (tertiary/aromatic N) is 21. The smallest absolute Gasteiger partial charge is 0.425 e. The van der Waals surface area contributed by atoms with Crippen LogP contribution in [0.2, 0.25) is 21.1 Å². The normalized spacial score (nSPS) is 10.6. The van der Waals surface area contributed by atoms with Crippen molar-refractivity contribution < 1.29 is 110 Å². The molecule has 6 aromatic carbocycles. The number of benzene rings is 6. The van der Waals surface area contributed by atoms with E-state index in [9.17, 15) is 64.3 Å². The number of nitrogen functional groups attached to an aromatic ring is 1. The van der Waals surface area contributed by atoms with Crippen LogP contribution in [-0.2, 0) is 105 Å². The zero-order chi connectivity index (χ0) is 113. The van der Waals surface area contributed by atoms with Gasteiger partial charge in [-0.3, -0.25) is 46.5 Å². The molecule has 0 aliphatic heterocycles. The van der Waals surface area contributed by atoms with E-state index in [2.05, 4.69) is 128 Å². The van der Waals surface area contributed by atoms with Crippen LogP contribution in [-0.4, -0.2) is 205 Å². The molecule has 7 heterocycles. The minimum atomic E-state index is -4.58. The molecule has 0 radical (unpaired) electrons. The fraction of sp³-hybridized carbons (Fsp3) is 0.220. The molecule has 13 rings (SSSR count). The van der Waals surface area contributed by atoms with Gasteiger partial charge in [0.1, 0.15) is 39.6 Å². The number of rotatable bonds is 24. The fourth-order valence-electron chi connectivity index (χ4n) is 11.7. The molecule has 57 nitrogen and oxygen atoms in total. The Hall–Kier alpha value is -16.2. The first-order valence-electron chi connectivity index (χ1n) is 41.0. The van der Waals surface area contributed by atoms with Gasteiger partial charge in [-0.05, 0) is 235 Å². The van der Waals surface area contributed by atoms with E-state index in [0.717, 1.165) is 48.2 Å². The number of ketones is 1. The van der Waals surface area contributed by atoms with Gasteiger partial charge in [0.25, 0.3) is 47.0 Å². The summed E-state index contributed by atoms with van der Waals surface area (Å²) in [7, 11) is -18.2. The number of nitrogens with one attached hydrogen (secondary N) is 7. The van der Waals surface area contributed by atoms with Crippen molar-refractivity contribution in [2.75, 3.05) is 64.1 Å². The number of hydrogen-bond donors (Lipinski definition) is 14. The van der Waals surface area contributed by atoms with E-state index in [1.807, 2.05) is 92.7 Å². The maximum atomic E-state index is 12.6. The van der Waals surface area contributed by atoms with Crippen molar-refractivity contribution in [1.29, 1.82) is 0 Å². The molecule has 0 bridgehead atoms. The lowest BCUT2D eigenvalue weighted by Crippen LogP contribution is -2.22. The quantitative estimate of drug-likeness (QED) is 0.0152. The lowest BCUT2D eigenvalue weighted by Gasteiger charge is -2.13. The number of anilines is 12. The van der Waals surface area contributed by atoms with Crippen LogP contribution in [0, 0.1) is 55.4 Å². The van der Waals surface area contributed by atoms with Crippen LogP contribution in [0.15, 0.2) is 189 Å². The first-order valence-corrected chi connectivity index (χ1v) is 51.2. The molecule has 0 aliphatic carbocycles. The minimum Gasteiger partial charge on any atom is -0.494 e. The van der Waals surface area contributed by atoms with Crippen molar-refractivity contribution in [2.45, 2.75) is 92.2 Å². The van der Waals surface area contributed by atoms with Crippen LogP contribution in [0.5, 0.6) is 17.6 Å². The molecule has 150 heavy (non-hydrogen) atoms. The van der Waals surface area contributed by atoms with Crippen molar-refractivity contribution in [3.8, 4) is 17.6 Å². The number of aromatic nitrogens is 15. The van der Waals surface area contributed by atoms with Crippen LogP contribution in [0.3, 0.4) is 0 Å². The zero-order valence-electron chi connectivity index (χ0n) is 80.4. The number of Topliss-reactive ketones (excluding diaryl/α,β-unsaturated/α-hetero) is 1. The van der Waals surface area contributed by atoms with Crippen molar-refractivity contribution in [2.24, 2.45) is 44.8 Å². The Kier molecular flexibility index (Phi) is 50.1. The highest BCUT2D eigenvalue weighted by molar-refractivity contribution is 7.86. The summed E-state index contributed by atoms with van der Waals surface area (Å²) in [6.45, 7) is 16.5. The van der Waals surface area contributed by atoms with Gasteiger partial charge in [0.05, 0.1) is 16.9 Å². The number of azo groups is 3. The predicted molar refractivity (Wildman–Crippen MR) is 548 cm³/mol. The molecule has 68 heteroatoms. The largest absolute Gasteiger partial charge is 0.494 e. The number of nitrogens with two attached hydrogens (primary N) is 1. The second-order valence-electron chi connectivity index (χ2n) is 29.0. The molecule has 0 amide bonds. The molecular weight excluding hydrogens is 2210 g/mol. The molecule has 15 N–H and O–H groups in total. The topological polar surface area (TPSA) is 851 Å². The average molecular weight is 2300 g/mol. The first-order chi connectivity index (χ1) is 70.0. The number of aryl methyl sites for hydroxylation is 5. The average Bonchev–Trinajstić information content (AvgIpc) is 0.786. The van der Waals surface area contributed by atoms with E-state index < -0.39 is 129 Å². The first kappa shape index (κ1) is 126. The van der Waals surface area contributed by atoms with Crippen LogP contribution in [0.1, 0.15) is 80.6 Å². The second-order valence-corrected chi connectivity index (χ2v) is 36.2. The maximum absolute atomic E-state index is 12.6. The van der Waals surface area contributed by atoms with Crippen molar-refractivity contribution in [3.05, 3.63) is 254 Å². The third kappa shape index (κ3) is 44.3. The van der Waals surface area contributed by atoms with Crippen molar-refractivity contribution >= 4 is 229 Å². The highest BCUT2D eigenvalue weighted by Crippen LogP contribution is 2.35. The van der Waals surface area contributed by atoms with Crippen molar-refractivity contribution in [3.63, 3.8) is 0 Å². The Morgan fingerprint density at radius 3 is 1.06 bits per heavy atom. The van der Waals surface area contributed by atoms with E-state index in [1.54, 1.807) is 91.3 Å². The van der Waals surface area contributed by atoms with Crippen LogP contribution < -0.4 is 59.6 Å². The van der Waals surface area contributed by atoms with E-state index in [0.29, 0.717) is 58.1 Å². The van der Waals surface area contributed by atoms with Gasteiger partial charge in [-0.1, -0.05) is 48.0 Å². The minimum absolute atomic E-state index is 0.00887. The third-order valence-corrected chi connectivity index (χ3v) is 21.0. The van der Waals surface area contributed by atoms with E-state index in [-0.39, 0.29) is 95.7 Å². The predicted octanol–water partition coefficient (Wildman–Crippen LogP) is 11.8. The van der Waals surface area contributed by atoms with Gasteiger partial charge in [-0.25, -0.2) is 15.0 Å². The molecule has 0 aliphatic rings. The zero-order valence-corrected chi connectivity index (χ0v) is 89.1. The van der Waals surface area contributed by atoms with E-state index in [1.165, 1.54) is 65.0 Å². The summed E-state index contributed by atoms with van der Waals surface area (Å²) in [5, 5.41) is 75.1. The molecule has 13 aromatic rings. The Morgan fingerprint density at radius 1 is 0.387 bits per heavy atom. The molecule has 800 valence electrons. The Morgan fingerprint density at radius 2 is 0.713 bits per heavy atom. The van der Waals surface area contributed by atoms with Gasteiger partial charge in [-0.2, -0.15) is 80.3 Å². The molecule has 0 atom stereocenters. The number of pyridine rings is 3. The summed E-state index contributed by atoms with van der Waals surface area (Å²) in [5.41, 5.74) is 11.7.